The van der Waals surface area contributed by atoms with Gasteiger partial charge in [-0.3, -0.25) is 0 Å². The van der Waals surface area contributed by atoms with Crippen molar-refractivity contribution >= 4 is 0 Å². The maximum absolute atomic E-state index is 3.17. The summed E-state index contributed by atoms with van der Waals surface area (Å²) in [6, 6.07) is 9.07. The van der Waals surface area contributed by atoms with Crippen molar-refractivity contribution in [3.05, 3.63) is 35.4 Å². The summed E-state index contributed by atoms with van der Waals surface area (Å²) < 4.78 is 0. The molecule has 0 bridgehead atoms. The molecule has 1 N–H and O–H groups in total. The molecule has 0 heterocycles. The van der Waals surface area contributed by atoms with Crippen molar-refractivity contribution < 1.29 is 0 Å². The predicted octanol–water partition coefficient (Wildman–Crippen LogP) is 2.85. The van der Waals surface area contributed by atoms with Crippen LogP contribution in [0.1, 0.15) is 37.3 Å². The van der Waals surface area contributed by atoms with Gasteiger partial charge >= 0.3 is 0 Å². The van der Waals surface area contributed by atoms with Crippen LogP contribution in [0.3, 0.4) is 0 Å². The zero-order valence-corrected chi connectivity index (χ0v) is 11.7. The molecule has 0 amide bonds. The van der Waals surface area contributed by atoms with E-state index in [0.29, 0.717) is 5.92 Å². The lowest BCUT2D eigenvalue weighted by molar-refractivity contribution is 0.328. The lowest BCUT2D eigenvalue weighted by Gasteiger charge is -2.17. The van der Waals surface area contributed by atoms with E-state index in [1.807, 2.05) is 7.05 Å². The summed E-state index contributed by atoms with van der Waals surface area (Å²) in [5.74, 6) is 0.672. The first-order chi connectivity index (χ1) is 8.17. The maximum Gasteiger partial charge on any atom is 0.0231 e. The summed E-state index contributed by atoms with van der Waals surface area (Å²) in [4.78, 5) is 2.34. The second-order valence-electron chi connectivity index (χ2n) is 4.89. The smallest absolute Gasteiger partial charge is 0.0231 e. The van der Waals surface area contributed by atoms with E-state index < -0.39 is 0 Å². The zero-order chi connectivity index (χ0) is 12.7. The molecular weight excluding hydrogens is 208 g/mol. The Morgan fingerprint density at radius 1 is 1.24 bits per heavy atom. The van der Waals surface area contributed by atoms with Crippen LogP contribution in [0.5, 0.6) is 0 Å². The van der Waals surface area contributed by atoms with E-state index in [0.717, 1.165) is 19.6 Å². The molecule has 0 aliphatic heterocycles. The van der Waals surface area contributed by atoms with Crippen molar-refractivity contribution in [2.24, 2.45) is 0 Å². The lowest BCUT2D eigenvalue weighted by Crippen LogP contribution is -2.26. The molecule has 0 saturated carbocycles. The average Bonchev–Trinajstić information content (AvgIpc) is 2.36. The highest BCUT2D eigenvalue weighted by atomic mass is 15.1. The van der Waals surface area contributed by atoms with Crippen LogP contribution in [0.15, 0.2) is 24.3 Å². The quantitative estimate of drug-likeness (QED) is 0.780. The number of benzene rings is 1. The molecule has 1 unspecified atom stereocenters. The topological polar surface area (TPSA) is 15.3 Å². The minimum Gasteiger partial charge on any atom is -0.318 e. The third-order valence-electron chi connectivity index (χ3n) is 3.36. The van der Waals surface area contributed by atoms with Crippen LogP contribution >= 0.6 is 0 Å². The molecule has 2 nitrogen and oxygen atoms in total. The van der Waals surface area contributed by atoms with Crippen molar-refractivity contribution in [3.63, 3.8) is 0 Å². The van der Waals surface area contributed by atoms with Gasteiger partial charge in [-0.1, -0.05) is 38.1 Å². The Bertz CT molecular complexity index is 305. The number of likely N-dealkylation sites (N-methyl/N-ethyl adjacent to an activating group) is 2. The highest BCUT2D eigenvalue weighted by molar-refractivity contribution is 5.24. The van der Waals surface area contributed by atoms with Crippen molar-refractivity contribution in [3.8, 4) is 0 Å². The number of hydrogen-bond acceptors (Lipinski definition) is 2. The Balaban J connectivity index is 2.50. The zero-order valence-electron chi connectivity index (χ0n) is 11.7. The minimum absolute atomic E-state index is 0.672. The average molecular weight is 234 g/mol. The van der Waals surface area contributed by atoms with E-state index in [-0.39, 0.29) is 0 Å². The first-order valence-electron chi connectivity index (χ1n) is 6.59. The number of hydrogen-bond donors (Lipinski definition) is 1. The Morgan fingerprint density at radius 3 is 2.41 bits per heavy atom. The molecule has 17 heavy (non-hydrogen) atoms. The van der Waals surface area contributed by atoms with Gasteiger partial charge in [0.25, 0.3) is 0 Å². The van der Waals surface area contributed by atoms with E-state index in [1.54, 1.807) is 0 Å². The van der Waals surface area contributed by atoms with Crippen LogP contribution in [0.2, 0.25) is 0 Å². The molecule has 0 aliphatic rings. The van der Waals surface area contributed by atoms with Crippen LogP contribution in [-0.4, -0.2) is 32.1 Å². The number of nitrogens with zero attached hydrogens (tertiary/aromatic N) is 1. The Hall–Kier alpha value is -0.860. The number of rotatable bonds is 7. The molecular formula is C15H26N2. The second kappa shape index (κ2) is 7.46. The fourth-order valence-corrected chi connectivity index (χ4v) is 1.88. The van der Waals surface area contributed by atoms with Gasteiger partial charge < -0.3 is 10.2 Å². The second-order valence-corrected chi connectivity index (χ2v) is 4.89. The normalized spacial score (nSPS) is 13.0. The van der Waals surface area contributed by atoms with Crippen LogP contribution in [-0.2, 0) is 6.54 Å². The van der Waals surface area contributed by atoms with E-state index >= 15 is 0 Å². The summed E-state index contributed by atoms with van der Waals surface area (Å²) in [5, 5.41) is 3.17. The molecule has 0 aromatic heterocycles. The molecule has 0 fully saturated rings. The largest absolute Gasteiger partial charge is 0.318 e. The molecule has 1 aromatic carbocycles. The molecule has 0 saturated heterocycles. The van der Waals surface area contributed by atoms with Gasteiger partial charge in [0.2, 0.25) is 0 Å². The van der Waals surface area contributed by atoms with Crippen molar-refractivity contribution in [1.29, 1.82) is 0 Å². The molecule has 1 atom stereocenters. The fourth-order valence-electron chi connectivity index (χ4n) is 1.88. The molecule has 96 valence electrons. The van der Waals surface area contributed by atoms with Gasteiger partial charge in [0, 0.05) is 19.6 Å². The molecule has 0 spiro atoms. The first-order valence-corrected chi connectivity index (χ1v) is 6.59. The van der Waals surface area contributed by atoms with Gasteiger partial charge in [-0.15, -0.1) is 0 Å². The third-order valence-corrected chi connectivity index (χ3v) is 3.36. The SMILES string of the molecule is CCC(C)c1ccc(CN(C)CCNC)cc1. The Morgan fingerprint density at radius 2 is 1.88 bits per heavy atom. The van der Waals surface area contributed by atoms with Gasteiger partial charge in [0.05, 0.1) is 0 Å². The van der Waals surface area contributed by atoms with Gasteiger partial charge in [0.1, 0.15) is 0 Å². The molecule has 0 radical (unpaired) electrons. The van der Waals surface area contributed by atoms with Crippen LogP contribution < -0.4 is 5.32 Å². The minimum atomic E-state index is 0.672. The summed E-state index contributed by atoms with van der Waals surface area (Å²) >= 11 is 0. The summed E-state index contributed by atoms with van der Waals surface area (Å²) in [5.41, 5.74) is 2.85. The Kier molecular flexibility index (Phi) is 6.23. The van der Waals surface area contributed by atoms with E-state index in [4.69, 9.17) is 0 Å². The van der Waals surface area contributed by atoms with E-state index in [9.17, 15) is 0 Å². The highest BCUT2D eigenvalue weighted by Crippen LogP contribution is 2.19. The van der Waals surface area contributed by atoms with Crippen molar-refractivity contribution in [2.75, 3.05) is 27.2 Å². The van der Waals surface area contributed by atoms with Crippen LogP contribution in [0.4, 0.5) is 0 Å². The summed E-state index contributed by atoms with van der Waals surface area (Å²) in [6.45, 7) is 7.69. The first kappa shape index (κ1) is 14.2. The molecule has 1 rings (SSSR count). The van der Waals surface area contributed by atoms with E-state index in [2.05, 4.69) is 55.4 Å². The van der Waals surface area contributed by atoms with Crippen molar-refractivity contribution in [2.45, 2.75) is 32.7 Å². The lowest BCUT2D eigenvalue weighted by atomic mass is 9.97. The monoisotopic (exact) mass is 234 g/mol. The standard InChI is InChI=1S/C15H26N2/c1-5-13(2)15-8-6-14(7-9-15)12-17(4)11-10-16-3/h6-9,13,16H,5,10-12H2,1-4H3. The summed E-state index contributed by atoms with van der Waals surface area (Å²) in [6.07, 6.45) is 1.21. The predicted molar refractivity (Wildman–Crippen MR) is 75.4 cm³/mol. The van der Waals surface area contributed by atoms with Gasteiger partial charge in [0.15, 0.2) is 0 Å². The van der Waals surface area contributed by atoms with Crippen LogP contribution in [0.25, 0.3) is 0 Å². The third kappa shape index (κ3) is 4.88. The molecule has 1 aromatic rings. The Labute approximate surface area is 106 Å². The van der Waals surface area contributed by atoms with Gasteiger partial charge in [-0.25, -0.2) is 0 Å². The summed E-state index contributed by atoms with van der Waals surface area (Å²) in [7, 11) is 4.16. The van der Waals surface area contributed by atoms with Crippen molar-refractivity contribution in [1.82, 2.24) is 10.2 Å². The fraction of sp³-hybridized carbons (Fsp3) is 0.600. The van der Waals surface area contributed by atoms with E-state index in [1.165, 1.54) is 17.5 Å². The van der Waals surface area contributed by atoms with Crippen LogP contribution in [0, 0.1) is 0 Å². The maximum atomic E-state index is 3.17. The molecule has 0 aliphatic carbocycles. The highest BCUT2D eigenvalue weighted by Gasteiger charge is 2.03. The van der Waals surface area contributed by atoms with Gasteiger partial charge in [-0.05, 0) is 37.6 Å². The molecule has 2 heteroatoms. The number of nitrogens with one attached hydrogen (secondary N) is 1. The van der Waals surface area contributed by atoms with Gasteiger partial charge in [-0.2, -0.15) is 0 Å².